The van der Waals surface area contributed by atoms with Crippen molar-refractivity contribution in [1.29, 1.82) is 0 Å². The number of aliphatic imine (C=N–C) groups is 2. The van der Waals surface area contributed by atoms with Crippen molar-refractivity contribution < 1.29 is 10.9 Å². The van der Waals surface area contributed by atoms with Gasteiger partial charge in [-0.1, -0.05) is 12.8 Å². The van der Waals surface area contributed by atoms with E-state index in [0.29, 0.717) is 0 Å². The predicted molar refractivity (Wildman–Crippen MR) is 108 cm³/mol. The van der Waals surface area contributed by atoms with E-state index in [4.69, 9.17) is 9.98 Å². The second kappa shape index (κ2) is 12.4. The van der Waals surface area contributed by atoms with Crippen molar-refractivity contribution in [2.24, 2.45) is 9.98 Å². The van der Waals surface area contributed by atoms with Crippen LogP contribution in [0.3, 0.4) is 0 Å². The van der Waals surface area contributed by atoms with Gasteiger partial charge in [0.25, 0.3) is 0 Å². The molecule has 2 aromatic rings. The minimum atomic E-state index is 0.278. The maximum absolute atomic E-state index is 4.77. The summed E-state index contributed by atoms with van der Waals surface area (Å²) in [7, 11) is 1.25. The van der Waals surface area contributed by atoms with E-state index in [1.165, 1.54) is 23.7 Å². The predicted octanol–water partition coefficient (Wildman–Crippen LogP) is 5.01. The second-order valence-electron chi connectivity index (χ2n) is 5.58. The summed E-state index contributed by atoms with van der Waals surface area (Å²) in [5.41, 5.74) is 2.19. The Hall–Kier alpha value is -0.906. The fourth-order valence-electron chi connectivity index (χ4n) is 2.70. The normalized spacial score (nSPS) is 20.6. The van der Waals surface area contributed by atoms with Crippen LogP contribution in [0.2, 0.25) is 0 Å². The van der Waals surface area contributed by atoms with Crippen molar-refractivity contribution in [3.8, 4) is 0 Å². The van der Waals surface area contributed by atoms with Crippen molar-refractivity contribution in [1.82, 2.24) is 9.97 Å². The first-order chi connectivity index (χ1) is 12.3. The summed E-state index contributed by atoms with van der Waals surface area (Å²) >= 11 is 6.00. The van der Waals surface area contributed by atoms with Gasteiger partial charge in [-0.25, -0.2) is 0 Å². The third kappa shape index (κ3) is 7.89. The maximum atomic E-state index is 4.77. The Morgan fingerprint density at radius 2 is 1.16 bits per heavy atom. The number of nitrogens with zero attached hydrogens (tertiary/aromatic N) is 4. The molecule has 0 aliphatic heterocycles. The van der Waals surface area contributed by atoms with Gasteiger partial charge in [-0.05, 0) is 48.2 Å². The summed E-state index contributed by atoms with van der Waals surface area (Å²) < 4.78 is 0. The van der Waals surface area contributed by atoms with E-state index >= 15 is 0 Å². The second-order valence-corrected chi connectivity index (χ2v) is 10.6. The number of pyridine rings is 2. The molecule has 4 nitrogen and oxygen atoms in total. The van der Waals surface area contributed by atoms with E-state index < -0.39 is 0 Å². The average Bonchev–Trinajstić information content (AvgIpc) is 2.68. The molecule has 2 atom stereocenters. The zero-order chi connectivity index (χ0) is 17.7. The summed E-state index contributed by atoms with van der Waals surface area (Å²) in [6.07, 6.45) is 15.8. The van der Waals surface area contributed by atoms with Gasteiger partial charge >= 0.3 is 39.3 Å². The van der Waals surface area contributed by atoms with Crippen LogP contribution in [0, 0.1) is 0 Å². The third-order valence-corrected chi connectivity index (χ3v) is 3.94. The molecule has 2 heterocycles. The number of aromatic nitrogens is 2. The van der Waals surface area contributed by atoms with Crippen LogP contribution in [0.1, 0.15) is 36.8 Å². The molecule has 0 radical (unpaired) electrons. The van der Waals surface area contributed by atoms with Gasteiger partial charge in [-0.2, -0.15) is 0 Å². The molecule has 1 saturated carbocycles. The van der Waals surface area contributed by atoms with Crippen LogP contribution in [0.5, 0.6) is 0 Å². The molecule has 1 aliphatic rings. The summed E-state index contributed by atoms with van der Waals surface area (Å²) in [6.45, 7) is 0. The SMILES string of the molecule is C(=N[C@@H]1CCCC[C@H]1N=Cc1ccncc1)c1ccncc1.[Br][Ni][Br]. The zero-order valence-electron chi connectivity index (χ0n) is 13.6. The van der Waals surface area contributed by atoms with Crippen LogP contribution in [-0.4, -0.2) is 34.5 Å². The van der Waals surface area contributed by atoms with Gasteiger partial charge < -0.3 is 0 Å². The van der Waals surface area contributed by atoms with Crippen LogP contribution in [0.25, 0.3) is 0 Å². The van der Waals surface area contributed by atoms with Crippen LogP contribution < -0.4 is 0 Å². The monoisotopic (exact) mass is 508 g/mol. The molecule has 2 aromatic heterocycles. The summed E-state index contributed by atoms with van der Waals surface area (Å²) in [6, 6.07) is 8.45. The van der Waals surface area contributed by atoms with Crippen LogP contribution in [-0.2, 0) is 10.9 Å². The Kier molecular flexibility index (Phi) is 10.2. The van der Waals surface area contributed by atoms with Gasteiger partial charge in [0.05, 0.1) is 12.1 Å². The van der Waals surface area contributed by atoms with Gasteiger partial charge in [0.1, 0.15) is 0 Å². The Bertz CT molecular complexity index is 595. The number of hydrogen-bond donors (Lipinski definition) is 0. The molecule has 0 bridgehead atoms. The molecule has 0 saturated heterocycles. The fourth-order valence-corrected chi connectivity index (χ4v) is 2.70. The van der Waals surface area contributed by atoms with Crippen LogP contribution >= 0.6 is 28.5 Å². The molecule has 0 spiro atoms. The molecule has 7 heteroatoms. The van der Waals surface area contributed by atoms with E-state index in [9.17, 15) is 0 Å². The van der Waals surface area contributed by atoms with Crippen molar-refractivity contribution in [3.63, 3.8) is 0 Å². The third-order valence-electron chi connectivity index (χ3n) is 3.94. The van der Waals surface area contributed by atoms with Crippen molar-refractivity contribution >= 4 is 40.9 Å². The van der Waals surface area contributed by atoms with E-state index in [1.54, 1.807) is 24.8 Å². The van der Waals surface area contributed by atoms with E-state index in [2.05, 4.69) is 38.4 Å². The molecule has 3 rings (SSSR count). The van der Waals surface area contributed by atoms with Crippen LogP contribution in [0.15, 0.2) is 59.0 Å². The topological polar surface area (TPSA) is 50.5 Å². The quantitative estimate of drug-likeness (QED) is 0.429. The molecule has 25 heavy (non-hydrogen) atoms. The van der Waals surface area contributed by atoms with Gasteiger partial charge in [-0.3, -0.25) is 20.0 Å². The molecule has 1 aliphatic carbocycles. The van der Waals surface area contributed by atoms with E-state index in [-0.39, 0.29) is 12.1 Å². The van der Waals surface area contributed by atoms with Crippen molar-refractivity contribution in [3.05, 3.63) is 60.2 Å². The average molecular weight is 511 g/mol. The summed E-state index contributed by atoms with van der Waals surface area (Å²) in [4.78, 5) is 17.6. The number of hydrogen-bond acceptors (Lipinski definition) is 4. The molecule has 0 amide bonds. The first-order valence-corrected chi connectivity index (χ1v) is 12.9. The Morgan fingerprint density at radius 1 is 0.800 bits per heavy atom. The Labute approximate surface area is 169 Å². The van der Waals surface area contributed by atoms with Crippen molar-refractivity contribution in [2.75, 3.05) is 0 Å². The molecule has 1 fully saturated rings. The van der Waals surface area contributed by atoms with Gasteiger partial charge in [0.2, 0.25) is 0 Å². The van der Waals surface area contributed by atoms with E-state index in [0.717, 1.165) is 24.0 Å². The molecule has 0 N–H and O–H groups in total. The zero-order valence-corrected chi connectivity index (χ0v) is 17.8. The minimum absolute atomic E-state index is 0.278. The van der Waals surface area contributed by atoms with Crippen LogP contribution in [0.4, 0.5) is 0 Å². The Morgan fingerprint density at radius 3 is 1.52 bits per heavy atom. The number of halogens is 2. The summed E-state index contributed by atoms with van der Waals surface area (Å²) in [5.74, 6) is 0. The molecule has 0 aromatic carbocycles. The Balaban J connectivity index is 0.000000701. The molecule has 0 unspecified atom stereocenters. The van der Waals surface area contributed by atoms with Crippen molar-refractivity contribution in [2.45, 2.75) is 37.8 Å². The first kappa shape index (κ1) is 20.4. The van der Waals surface area contributed by atoms with E-state index in [1.807, 2.05) is 36.7 Å². The molecule has 136 valence electrons. The van der Waals surface area contributed by atoms with Gasteiger partial charge in [0.15, 0.2) is 0 Å². The molecular weight excluding hydrogens is 491 g/mol. The first-order valence-electron chi connectivity index (χ1n) is 8.02. The fraction of sp³-hybridized carbons (Fsp3) is 0.333. The van der Waals surface area contributed by atoms with Gasteiger partial charge in [-0.15, -0.1) is 0 Å². The number of rotatable bonds is 4. The van der Waals surface area contributed by atoms with Gasteiger partial charge in [0, 0.05) is 37.2 Å². The summed E-state index contributed by atoms with van der Waals surface area (Å²) in [5, 5.41) is 0. The standard InChI is InChI=1S/C18H20N4.2BrH.Ni/c1-2-4-18(22-14-16-7-11-20-12-8-16)17(3-1)21-13-15-5-9-19-10-6-15;;;/h5-14,17-18H,1-4H2;2*1H;/q;;;+2/p-2/t17-,18-;;;/m1.../s1. The molecular formula is C18H20Br2N4Ni.